The van der Waals surface area contributed by atoms with E-state index in [1.807, 2.05) is 0 Å². The second-order valence-electron chi connectivity index (χ2n) is 2.21. The third-order valence-corrected chi connectivity index (χ3v) is 1.26. The quantitative estimate of drug-likeness (QED) is 0.444. The molecule has 0 saturated carbocycles. The van der Waals surface area contributed by atoms with E-state index in [-0.39, 0.29) is 12.8 Å². The summed E-state index contributed by atoms with van der Waals surface area (Å²) in [6.07, 6.45) is 3.61. The molecule has 0 bridgehead atoms. The maximum atomic E-state index is 9.49. The van der Waals surface area contributed by atoms with Gasteiger partial charge in [-0.1, -0.05) is 12.2 Å². The average Bonchev–Trinajstić information content (AvgIpc) is 1.88. The zero-order valence-electron chi connectivity index (χ0n) is 6.49. The first-order valence-corrected chi connectivity index (χ1v) is 3.37. The van der Waals surface area contributed by atoms with Gasteiger partial charge in [0.25, 0.3) is 0 Å². The molecule has 0 fully saturated rings. The molecule has 0 aliphatic carbocycles. The molecule has 3 heteroatoms. The van der Waals surface area contributed by atoms with Crippen LogP contribution in [0.4, 0.5) is 0 Å². The molecule has 0 radical (unpaired) electrons. The molecular weight excluding hydrogens is 144 g/mol. The van der Waals surface area contributed by atoms with Gasteiger partial charge in [0.05, 0.1) is 0 Å². The first kappa shape index (κ1) is 10.4. The number of rotatable bonds is 6. The SMILES string of the molecule is C=CCC(O)(CC=C)OCO. The summed E-state index contributed by atoms with van der Waals surface area (Å²) >= 11 is 0. The van der Waals surface area contributed by atoms with Crippen molar-refractivity contribution in [3.05, 3.63) is 25.3 Å². The van der Waals surface area contributed by atoms with Crippen molar-refractivity contribution in [1.29, 1.82) is 0 Å². The second-order valence-corrected chi connectivity index (χ2v) is 2.21. The lowest BCUT2D eigenvalue weighted by atomic mass is 10.1. The van der Waals surface area contributed by atoms with Gasteiger partial charge in [0.1, 0.15) is 6.79 Å². The fourth-order valence-corrected chi connectivity index (χ4v) is 0.772. The largest absolute Gasteiger partial charge is 0.371 e. The van der Waals surface area contributed by atoms with E-state index in [1.165, 1.54) is 12.2 Å². The van der Waals surface area contributed by atoms with Crippen LogP contribution in [-0.2, 0) is 4.74 Å². The van der Waals surface area contributed by atoms with E-state index in [2.05, 4.69) is 17.9 Å². The zero-order valence-corrected chi connectivity index (χ0v) is 6.49. The Bertz CT molecular complexity index is 121. The van der Waals surface area contributed by atoms with Gasteiger partial charge in [-0.3, -0.25) is 0 Å². The number of hydrogen-bond acceptors (Lipinski definition) is 3. The van der Waals surface area contributed by atoms with Gasteiger partial charge in [-0.25, -0.2) is 0 Å². The third-order valence-electron chi connectivity index (χ3n) is 1.26. The molecule has 0 rings (SSSR count). The molecule has 11 heavy (non-hydrogen) atoms. The van der Waals surface area contributed by atoms with Gasteiger partial charge in [0.15, 0.2) is 5.79 Å². The summed E-state index contributed by atoms with van der Waals surface area (Å²) in [5.41, 5.74) is 0. The van der Waals surface area contributed by atoms with Crippen LogP contribution in [0.3, 0.4) is 0 Å². The Hall–Kier alpha value is -0.640. The molecule has 0 heterocycles. The summed E-state index contributed by atoms with van der Waals surface area (Å²) < 4.78 is 4.68. The predicted octanol–water partition coefficient (Wildman–Crippen LogP) is 0.794. The lowest BCUT2D eigenvalue weighted by Crippen LogP contribution is -2.31. The summed E-state index contributed by atoms with van der Waals surface area (Å²) in [4.78, 5) is 0. The summed E-state index contributed by atoms with van der Waals surface area (Å²) in [7, 11) is 0. The van der Waals surface area contributed by atoms with E-state index in [0.717, 1.165) is 0 Å². The van der Waals surface area contributed by atoms with Gasteiger partial charge < -0.3 is 14.9 Å². The minimum absolute atomic E-state index is 0.277. The van der Waals surface area contributed by atoms with Gasteiger partial charge in [-0.15, -0.1) is 13.2 Å². The molecule has 0 amide bonds. The monoisotopic (exact) mass is 158 g/mol. The van der Waals surface area contributed by atoms with Crippen molar-refractivity contribution in [1.82, 2.24) is 0 Å². The maximum absolute atomic E-state index is 9.49. The van der Waals surface area contributed by atoms with Crippen LogP contribution in [0.2, 0.25) is 0 Å². The van der Waals surface area contributed by atoms with E-state index in [9.17, 15) is 5.11 Å². The average molecular weight is 158 g/mol. The molecule has 0 aromatic rings. The van der Waals surface area contributed by atoms with Crippen molar-refractivity contribution in [2.45, 2.75) is 18.6 Å². The molecule has 64 valence electrons. The van der Waals surface area contributed by atoms with Crippen LogP contribution in [0.1, 0.15) is 12.8 Å². The fourth-order valence-electron chi connectivity index (χ4n) is 0.772. The molecular formula is C8H14O3. The Labute approximate surface area is 66.6 Å². The molecule has 0 aromatic carbocycles. The van der Waals surface area contributed by atoms with Crippen LogP contribution >= 0.6 is 0 Å². The van der Waals surface area contributed by atoms with Crippen LogP contribution < -0.4 is 0 Å². The molecule has 0 atom stereocenters. The highest BCUT2D eigenvalue weighted by Crippen LogP contribution is 2.17. The minimum Gasteiger partial charge on any atom is -0.371 e. The van der Waals surface area contributed by atoms with Gasteiger partial charge >= 0.3 is 0 Å². The van der Waals surface area contributed by atoms with Crippen molar-refractivity contribution in [3.63, 3.8) is 0 Å². The van der Waals surface area contributed by atoms with E-state index in [4.69, 9.17) is 5.11 Å². The maximum Gasteiger partial charge on any atom is 0.175 e. The number of hydrogen-bond donors (Lipinski definition) is 2. The van der Waals surface area contributed by atoms with Gasteiger partial charge in [0, 0.05) is 12.8 Å². The Balaban J connectivity index is 3.98. The molecule has 3 nitrogen and oxygen atoms in total. The van der Waals surface area contributed by atoms with E-state index in [1.54, 1.807) is 0 Å². The highest BCUT2D eigenvalue weighted by atomic mass is 16.7. The van der Waals surface area contributed by atoms with E-state index < -0.39 is 12.6 Å². The standard InChI is InChI=1S/C8H14O3/c1-3-5-8(10,6-4-2)11-7-9/h3-4,9-10H,1-2,5-7H2. The zero-order chi connectivity index (χ0) is 8.74. The number of aliphatic hydroxyl groups excluding tert-OH is 1. The highest BCUT2D eigenvalue weighted by molar-refractivity contribution is 4.85. The molecule has 0 spiro atoms. The van der Waals surface area contributed by atoms with Crippen molar-refractivity contribution in [2.24, 2.45) is 0 Å². The summed E-state index contributed by atoms with van der Waals surface area (Å²) in [6.45, 7) is 6.41. The molecule has 0 aliphatic heterocycles. The van der Waals surface area contributed by atoms with Crippen LogP contribution in [0, 0.1) is 0 Å². The van der Waals surface area contributed by atoms with Crippen molar-refractivity contribution in [3.8, 4) is 0 Å². The van der Waals surface area contributed by atoms with Crippen molar-refractivity contribution >= 4 is 0 Å². The Morgan fingerprint density at radius 2 is 1.73 bits per heavy atom. The molecule has 0 unspecified atom stereocenters. The minimum atomic E-state index is -1.34. The molecule has 0 aromatic heterocycles. The van der Waals surface area contributed by atoms with Gasteiger partial charge in [-0.2, -0.15) is 0 Å². The third kappa shape index (κ3) is 3.93. The first-order valence-electron chi connectivity index (χ1n) is 3.37. The van der Waals surface area contributed by atoms with Crippen LogP contribution in [0.15, 0.2) is 25.3 Å². The fraction of sp³-hybridized carbons (Fsp3) is 0.500. The number of aliphatic hydroxyl groups is 2. The molecule has 2 N–H and O–H groups in total. The van der Waals surface area contributed by atoms with E-state index >= 15 is 0 Å². The van der Waals surface area contributed by atoms with Crippen molar-refractivity contribution < 1.29 is 14.9 Å². The lowest BCUT2D eigenvalue weighted by Gasteiger charge is -2.24. The first-order chi connectivity index (χ1) is 5.18. The van der Waals surface area contributed by atoms with Gasteiger partial charge in [0.2, 0.25) is 0 Å². The summed E-state index contributed by atoms with van der Waals surface area (Å²) in [6, 6.07) is 0. The predicted molar refractivity (Wildman–Crippen MR) is 42.7 cm³/mol. The second kappa shape index (κ2) is 5.07. The highest BCUT2D eigenvalue weighted by Gasteiger charge is 2.23. The normalized spacial score (nSPS) is 11.1. The Morgan fingerprint density at radius 1 is 1.27 bits per heavy atom. The Kier molecular flexibility index (Phi) is 4.77. The Morgan fingerprint density at radius 3 is 2.00 bits per heavy atom. The molecule has 0 aliphatic rings. The lowest BCUT2D eigenvalue weighted by molar-refractivity contribution is -0.232. The van der Waals surface area contributed by atoms with Crippen LogP contribution in [-0.4, -0.2) is 22.8 Å². The van der Waals surface area contributed by atoms with Crippen LogP contribution in [0.25, 0.3) is 0 Å². The molecule has 0 saturated heterocycles. The van der Waals surface area contributed by atoms with Gasteiger partial charge in [-0.05, 0) is 0 Å². The summed E-state index contributed by atoms with van der Waals surface area (Å²) in [5.74, 6) is -1.34. The van der Waals surface area contributed by atoms with Crippen molar-refractivity contribution in [2.75, 3.05) is 6.79 Å². The topological polar surface area (TPSA) is 49.7 Å². The summed E-state index contributed by atoms with van der Waals surface area (Å²) in [5, 5.41) is 17.9. The number of ether oxygens (including phenoxy) is 1. The van der Waals surface area contributed by atoms with Crippen LogP contribution in [0.5, 0.6) is 0 Å². The smallest absolute Gasteiger partial charge is 0.175 e. The van der Waals surface area contributed by atoms with E-state index in [0.29, 0.717) is 0 Å².